The quantitative estimate of drug-likeness (QED) is 0.289. The topological polar surface area (TPSA) is 91.7 Å². The Kier molecular flexibility index (Phi) is 10.2. The number of Topliss-reactive ketones (excluding diaryl/α,β-unsaturated/α-hetero) is 1. The molecule has 2 aliphatic carbocycles. The van der Waals surface area contributed by atoms with E-state index in [4.69, 9.17) is 15.2 Å². The molecule has 2 saturated carbocycles. The fourth-order valence-corrected chi connectivity index (χ4v) is 4.31. The van der Waals surface area contributed by atoms with E-state index >= 15 is 0 Å². The number of nitrogens with two attached hydrogens (primary N) is 1. The molecule has 0 saturated heterocycles. The number of hydrogen-bond donors (Lipinski definition) is 1. The fourth-order valence-electron chi connectivity index (χ4n) is 3.07. The van der Waals surface area contributed by atoms with E-state index in [1.165, 1.54) is 18.5 Å². The van der Waals surface area contributed by atoms with Gasteiger partial charge >= 0.3 is 0 Å². The molecule has 0 bridgehead atoms. The molecule has 2 fully saturated rings. The van der Waals surface area contributed by atoms with Crippen LogP contribution in [0, 0.1) is 5.92 Å². The van der Waals surface area contributed by atoms with Crippen molar-refractivity contribution in [2.45, 2.75) is 45.4 Å². The number of nitrogen functional groups attached to an aromatic ring is 1. The lowest BCUT2D eigenvalue weighted by molar-refractivity contribution is -0.117. The smallest absolute Gasteiger partial charge is 0.146 e. The van der Waals surface area contributed by atoms with Crippen molar-refractivity contribution < 1.29 is 14.3 Å². The van der Waals surface area contributed by atoms with Gasteiger partial charge in [-0.15, -0.1) is 0 Å². The number of ether oxygens (including phenoxy) is 2. The summed E-state index contributed by atoms with van der Waals surface area (Å²) in [5.41, 5.74) is 7.62. The Balaban J connectivity index is 0.000000156. The molecule has 0 amide bonds. The Morgan fingerprint density at radius 1 is 1.06 bits per heavy atom. The summed E-state index contributed by atoms with van der Waals surface area (Å²) in [7, 11) is 0. The Bertz CT molecular complexity index is 1110. The van der Waals surface area contributed by atoms with Crippen molar-refractivity contribution in [1.82, 2.24) is 14.4 Å². The minimum atomic E-state index is 0.375. The number of ketones is 1. The average Bonchev–Trinajstić information content (AvgIpc) is 3.74. The van der Waals surface area contributed by atoms with Gasteiger partial charge in [0.05, 0.1) is 33.2 Å². The molecule has 3 heterocycles. The lowest BCUT2D eigenvalue weighted by Crippen LogP contribution is -1.99. The van der Waals surface area contributed by atoms with Crippen LogP contribution in [0.25, 0.3) is 5.65 Å². The molecule has 2 N–H and O–H groups in total. The second-order valence-electron chi connectivity index (χ2n) is 7.97. The van der Waals surface area contributed by atoms with E-state index in [2.05, 4.69) is 68.4 Å². The SMILES string of the molecule is CCOc1cc(N)ncc1Br.CCOc1cc2nc(C3CC3)cn2cc1Br.O=C(CBr)C1CC1. The molecular weight excluding hydrogens is 632 g/mol. The third kappa shape index (κ3) is 7.95. The van der Waals surface area contributed by atoms with Crippen LogP contribution < -0.4 is 15.2 Å². The Morgan fingerprint density at radius 2 is 1.71 bits per heavy atom. The summed E-state index contributed by atoms with van der Waals surface area (Å²) in [5, 5.41) is 0.553. The molecule has 0 radical (unpaired) electrons. The summed E-state index contributed by atoms with van der Waals surface area (Å²) in [6, 6.07) is 3.67. The summed E-state index contributed by atoms with van der Waals surface area (Å²) in [6.07, 6.45) is 10.6. The van der Waals surface area contributed by atoms with Crippen molar-refractivity contribution in [3.63, 3.8) is 0 Å². The van der Waals surface area contributed by atoms with Gasteiger partial charge in [-0.1, -0.05) is 15.9 Å². The van der Waals surface area contributed by atoms with Crippen LogP contribution in [0.15, 0.2) is 39.7 Å². The maximum Gasteiger partial charge on any atom is 0.146 e. The molecule has 3 aromatic rings. The molecule has 2 aliphatic rings. The molecule has 3 aromatic heterocycles. The minimum Gasteiger partial charge on any atom is -0.492 e. The van der Waals surface area contributed by atoms with Gasteiger partial charge in [0.1, 0.15) is 28.7 Å². The van der Waals surface area contributed by atoms with Crippen molar-refractivity contribution in [3.05, 3.63) is 45.4 Å². The largest absolute Gasteiger partial charge is 0.492 e. The van der Waals surface area contributed by atoms with Crippen LogP contribution in [0.3, 0.4) is 0 Å². The number of hydrogen-bond acceptors (Lipinski definition) is 6. The number of fused-ring (bicyclic) bond motifs is 1. The number of alkyl halides is 1. The molecule has 0 unspecified atom stereocenters. The van der Waals surface area contributed by atoms with Gasteiger partial charge in [-0.3, -0.25) is 4.79 Å². The lowest BCUT2D eigenvalue weighted by Gasteiger charge is -2.05. The maximum atomic E-state index is 10.5. The zero-order valence-corrected chi connectivity index (χ0v) is 24.0. The summed E-state index contributed by atoms with van der Waals surface area (Å²) in [6.45, 7) is 5.20. The highest BCUT2D eigenvalue weighted by atomic mass is 79.9. The number of halogens is 3. The molecule has 10 heteroatoms. The van der Waals surface area contributed by atoms with E-state index in [9.17, 15) is 4.79 Å². The molecule has 34 heavy (non-hydrogen) atoms. The van der Waals surface area contributed by atoms with E-state index < -0.39 is 0 Å². The number of carbonyl (C=O) groups excluding carboxylic acids is 1. The van der Waals surface area contributed by atoms with E-state index in [0.29, 0.717) is 42.0 Å². The van der Waals surface area contributed by atoms with Crippen LogP contribution in [-0.2, 0) is 4.79 Å². The number of imidazole rings is 1. The third-order valence-corrected chi connectivity index (χ3v) is 6.87. The van der Waals surface area contributed by atoms with Gasteiger partial charge in [0.25, 0.3) is 0 Å². The molecule has 7 nitrogen and oxygen atoms in total. The van der Waals surface area contributed by atoms with Crippen LogP contribution >= 0.6 is 47.8 Å². The predicted octanol–water partition coefficient (Wildman–Crippen LogP) is 6.56. The predicted molar refractivity (Wildman–Crippen MR) is 145 cm³/mol. The molecule has 0 aromatic carbocycles. The summed E-state index contributed by atoms with van der Waals surface area (Å²) in [4.78, 5) is 19.0. The number of aromatic nitrogens is 3. The first-order valence-corrected chi connectivity index (χ1v) is 14.0. The average molecular weight is 661 g/mol. The van der Waals surface area contributed by atoms with Gasteiger partial charge in [-0.2, -0.15) is 0 Å². The van der Waals surface area contributed by atoms with Crippen molar-refractivity contribution in [3.8, 4) is 11.5 Å². The second kappa shape index (κ2) is 12.9. The van der Waals surface area contributed by atoms with Crippen molar-refractivity contribution in [2.75, 3.05) is 24.3 Å². The Morgan fingerprint density at radius 3 is 2.24 bits per heavy atom. The van der Waals surface area contributed by atoms with E-state index in [0.717, 1.165) is 38.9 Å². The first kappa shape index (κ1) is 26.9. The number of nitrogens with zero attached hydrogens (tertiary/aromatic N) is 3. The number of rotatable bonds is 7. The Labute approximate surface area is 225 Å². The summed E-state index contributed by atoms with van der Waals surface area (Å²) >= 11 is 9.90. The standard InChI is InChI=1S/C12H13BrN2O.C7H9BrN2O.C5H7BrO/c1-2-16-11-5-12-14-10(8-3-4-8)7-15(12)6-9(11)13;1-2-11-6-3-7(9)10-4-5(6)8;6-3-5(7)4-1-2-4/h5-8H,2-4H2,1H3;3-4H,2H2,1H3,(H2,9,10);4H,1-3H2. The highest BCUT2D eigenvalue weighted by Crippen LogP contribution is 2.40. The number of anilines is 1. The second-order valence-corrected chi connectivity index (χ2v) is 10.2. The van der Waals surface area contributed by atoms with Gasteiger partial charge in [0.15, 0.2) is 0 Å². The zero-order chi connectivity index (χ0) is 24.7. The van der Waals surface area contributed by atoms with Crippen LogP contribution in [0.4, 0.5) is 5.82 Å². The molecule has 0 atom stereocenters. The van der Waals surface area contributed by atoms with Gasteiger partial charge in [-0.05, 0) is 71.4 Å². The monoisotopic (exact) mass is 658 g/mol. The van der Waals surface area contributed by atoms with Crippen LogP contribution in [-0.4, -0.2) is 38.7 Å². The maximum absolute atomic E-state index is 10.5. The first-order valence-electron chi connectivity index (χ1n) is 11.3. The number of carbonyl (C=O) groups is 1. The highest BCUT2D eigenvalue weighted by molar-refractivity contribution is 9.11. The summed E-state index contributed by atoms with van der Waals surface area (Å²) in [5.74, 6) is 3.56. The van der Waals surface area contributed by atoms with Gasteiger partial charge in [0, 0.05) is 42.6 Å². The minimum absolute atomic E-state index is 0.375. The van der Waals surface area contributed by atoms with Gasteiger partial charge in [-0.25, -0.2) is 9.97 Å². The molecule has 5 rings (SSSR count). The third-order valence-electron chi connectivity index (χ3n) is 5.13. The summed E-state index contributed by atoms with van der Waals surface area (Å²) < 4.78 is 14.6. The molecule has 184 valence electrons. The zero-order valence-electron chi connectivity index (χ0n) is 19.3. The molecule has 0 spiro atoms. The van der Waals surface area contributed by atoms with Crippen molar-refractivity contribution in [1.29, 1.82) is 0 Å². The van der Waals surface area contributed by atoms with Crippen molar-refractivity contribution in [2.24, 2.45) is 5.92 Å². The normalized spacial score (nSPS) is 14.5. The van der Waals surface area contributed by atoms with Crippen LogP contribution in [0.2, 0.25) is 0 Å². The highest BCUT2D eigenvalue weighted by Gasteiger charge is 2.28. The van der Waals surface area contributed by atoms with E-state index in [1.807, 2.05) is 26.1 Å². The van der Waals surface area contributed by atoms with Crippen LogP contribution in [0.1, 0.15) is 51.1 Å². The molecule has 0 aliphatic heterocycles. The van der Waals surface area contributed by atoms with Crippen LogP contribution in [0.5, 0.6) is 11.5 Å². The van der Waals surface area contributed by atoms with E-state index in [-0.39, 0.29) is 0 Å². The fraction of sp³-hybridized carbons (Fsp3) is 0.458. The van der Waals surface area contributed by atoms with Gasteiger partial charge in [0.2, 0.25) is 0 Å². The van der Waals surface area contributed by atoms with Gasteiger partial charge < -0.3 is 19.6 Å². The van der Waals surface area contributed by atoms with Crippen molar-refractivity contribution >= 4 is 65.0 Å². The Hall–Kier alpha value is -1.65. The first-order chi connectivity index (χ1) is 16.4. The molecular formula is C24H29Br3N4O3. The van der Waals surface area contributed by atoms with E-state index in [1.54, 1.807) is 12.3 Å². The lowest BCUT2D eigenvalue weighted by atomic mass is 10.3. The number of pyridine rings is 2.